The first-order chi connectivity index (χ1) is 9.08. The maximum Gasteiger partial charge on any atom is 0.0635 e. The quantitative estimate of drug-likeness (QED) is 0.746. The Kier molecular flexibility index (Phi) is 7.16. The van der Waals surface area contributed by atoms with E-state index in [9.17, 15) is 0 Å². The number of nitrogens with two attached hydrogens (primary N) is 1. The Bertz CT molecular complexity index is 388. The third-order valence-corrected chi connectivity index (χ3v) is 3.40. The van der Waals surface area contributed by atoms with Crippen molar-refractivity contribution >= 4 is 17.3 Å². The Balaban J connectivity index is 2.71. The highest BCUT2D eigenvalue weighted by Crippen LogP contribution is 2.20. The lowest BCUT2D eigenvalue weighted by Crippen LogP contribution is -2.38. The number of anilines is 1. The molecular formula is C14H23ClN2O2. The largest absolute Gasteiger partial charge is 0.398 e. The predicted octanol–water partition coefficient (Wildman–Crippen LogP) is 2.41. The number of nitrogen functional groups attached to an aromatic ring is 1. The maximum atomic E-state index is 5.93. The number of halogens is 1. The standard InChI is InChI=1S/C14H23ClN2O2/c1-11(10-19-3)17(6-7-18-2)9-12-4-5-13(15)14(16)8-12/h4-5,8,11H,6-7,9-10,16H2,1-3H3. The summed E-state index contributed by atoms with van der Waals surface area (Å²) in [5, 5.41) is 0.595. The van der Waals surface area contributed by atoms with Gasteiger partial charge in [0.1, 0.15) is 0 Å². The summed E-state index contributed by atoms with van der Waals surface area (Å²) in [4.78, 5) is 2.30. The van der Waals surface area contributed by atoms with Gasteiger partial charge in [-0.25, -0.2) is 0 Å². The molecule has 0 fully saturated rings. The van der Waals surface area contributed by atoms with Gasteiger partial charge >= 0.3 is 0 Å². The van der Waals surface area contributed by atoms with E-state index in [4.69, 9.17) is 26.8 Å². The summed E-state index contributed by atoms with van der Waals surface area (Å²) in [6.45, 7) is 5.17. The molecule has 4 nitrogen and oxygen atoms in total. The molecule has 0 spiro atoms. The highest BCUT2D eigenvalue weighted by molar-refractivity contribution is 6.33. The number of benzene rings is 1. The molecule has 1 aromatic carbocycles. The molecule has 1 unspecified atom stereocenters. The molecule has 0 amide bonds. The molecule has 0 saturated carbocycles. The van der Waals surface area contributed by atoms with Gasteiger partial charge in [0.05, 0.1) is 23.9 Å². The lowest BCUT2D eigenvalue weighted by atomic mass is 10.1. The van der Waals surface area contributed by atoms with Gasteiger partial charge < -0.3 is 15.2 Å². The number of ether oxygens (including phenoxy) is 2. The fourth-order valence-corrected chi connectivity index (χ4v) is 2.05. The van der Waals surface area contributed by atoms with Crippen molar-refractivity contribution in [3.8, 4) is 0 Å². The third kappa shape index (κ3) is 5.37. The van der Waals surface area contributed by atoms with Crippen LogP contribution >= 0.6 is 11.6 Å². The van der Waals surface area contributed by atoms with Crippen molar-refractivity contribution in [2.75, 3.05) is 39.7 Å². The second-order valence-electron chi connectivity index (χ2n) is 4.62. The monoisotopic (exact) mass is 286 g/mol. The summed E-state index contributed by atoms with van der Waals surface area (Å²) in [7, 11) is 3.42. The number of hydrogen-bond donors (Lipinski definition) is 1. The first kappa shape index (κ1) is 16.2. The Hall–Kier alpha value is -0.810. The maximum absolute atomic E-state index is 5.93. The zero-order valence-corrected chi connectivity index (χ0v) is 12.6. The van der Waals surface area contributed by atoms with Crippen LogP contribution < -0.4 is 5.73 Å². The van der Waals surface area contributed by atoms with E-state index in [-0.39, 0.29) is 0 Å². The van der Waals surface area contributed by atoms with Crippen LogP contribution in [0.1, 0.15) is 12.5 Å². The van der Waals surface area contributed by atoms with Crippen molar-refractivity contribution in [3.63, 3.8) is 0 Å². The third-order valence-electron chi connectivity index (χ3n) is 3.06. The minimum atomic E-state index is 0.317. The number of methoxy groups -OCH3 is 2. The molecule has 0 saturated heterocycles. The summed E-state index contributed by atoms with van der Waals surface area (Å²) in [6, 6.07) is 6.07. The smallest absolute Gasteiger partial charge is 0.0635 e. The van der Waals surface area contributed by atoms with Crippen LogP contribution in [0.2, 0.25) is 5.02 Å². The number of rotatable bonds is 8. The van der Waals surface area contributed by atoms with Crippen LogP contribution in [0.25, 0.3) is 0 Å². The summed E-state index contributed by atoms with van der Waals surface area (Å²) < 4.78 is 10.4. The molecule has 0 bridgehead atoms. The summed E-state index contributed by atoms with van der Waals surface area (Å²) >= 11 is 5.93. The van der Waals surface area contributed by atoms with Gasteiger partial charge in [-0.15, -0.1) is 0 Å². The summed E-state index contributed by atoms with van der Waals surface area (Å²) in [5.41, 5.74) is 7.59. The normalized spacial score (nSPS) is 12.9. The van der Waals surface area contributed by atoms with Crippen molar-refractivity contribution in [1.82, 2.24) is 4.90 Å². The molecule has 1 rings (SSSR count). The van der Waals surface area contributed by atoms with Crippen LogP contribution in [0.5, 0.6) is 0 Å². The fraction of sp³-hybridized carbons (Fsp3) is 0.571. The second kappa shape index (κ2) is 8.38. The molecule has 1 atom stereocenters. The molecule has 1 aromatic rings. The van der Waals surface area contributed by atoms with Crippen molar-refractivity contribution in [2.24, 2.45) is 0 Å². The Morgan fingerprint density at radius 2 is 2.05 bits per heavy atom. The van der Waals surface area contributed by atoms with Crippen molar-refractivity contribution in [3.05, 3.63) is 28.8 Å². The van der Waals surface area contributed by atoms with Gasteiger partial charge in [0, 0.05) is 33.4 Å². The molecule has 5 heteroatoms. The molecule has 0 aliphatic carbocycles. The lowest BCUT2D eigenvalue weighted by Gasteiger charge is -2.28. The molecule has 0 aliphatic heterocycles. The summed E-state index contributed by atoms with van der Waals surface area (Å²) in [5.74, 6) is 0. The molecule has 108 valence electrons. The zero-order chi connectivity index (χ0) is 14.3. The minimum absolute atomic E-state index is 0.317. The van der Waals surface area contributed by atoms with Gasteiger partial charge in [-0.1, -0.05) is 17.7 Å². The van der Waals surface area contributed by atoms with E-state index in [1.165, 1.54) is 0 Å². The van der Waals surface area contributed by atoms with E-state index in [0.717, 1.165) is 18.7 Å². The van der Waals surface area contributed by atoms with Crippen molar-refractivity contribution in [2.45, 2.75) is 19.5 Å². The molecule has 0 aromatic heterocycles. The lowest BCUT2D eigenvalue weighted by molar-refractivity contribution is 0.0705. The van der Waals surface area contributed by atoms with Gasteiger partial charge in [-0.2, -0.15) is 0 Å². The first-order valence-electron chi connectivity index (χ1n) is 6.34. The summed E-state index contributed by atoms with van der Waals surface area (Å²) in [6.07, 6.45) is 0. The van der Waals surface area contributed by atoms with Crippen LogP contribution in [0.3, 0.4) is 0 Å². The molecule has 2 N–H and O–H groups in total. The Morgan fingerprint density at radius 1 is 1.32 bits per heavy atom. The molecular weight excluding hydrogens is 264 g/mol. The van der Waals surface area contributed by atoms with Gasteiger partial charge in [-0.05, 0) is 24.6 Å². The van der Waals surface area contributed by atoms with Gasteiger partial charge in [0.15, 0.2) is 0 Å². The van der Waals surface area contributed by atoms with Crippen LogP contribution in [0, 0.1) is 0 Å². The molecule has 0 radical (unpaired) electrons. The van der Waals surface area contributed by atoms with E-state index in [1.807, 2.05) is 18.2 Å². The van der Waals surface area contributed by atoms with Gasteiger partial charge in [0.25, 0.3) is 0 Å². The second-order valence-corrected chi connectivity index (χ2v) is 5.03. The average molecular weight is 287 g/mol. The van der Waals surface area contributed by atoms with E-state index in [0.29, 0.717) is 30.0 Å². The van der Waals surface area contributed by atoms with Crippen LogP contribution in [-0.4, -0.2) is 44.9 Å². The fourth-order valence-electron chi connectivity index (χ4n) is 1.94. The van der Waals surface area contributed by atoms with Crippen LogP contribution in [-0.2, 0) is 16.0 Å². The van der Waals surface area contributed by atoms with Gasteiger partial charge in [-0.3, -0.25) is 4.90 Å². The van der Waals surface area contributed by atoms with E-state index < -0.39 is 0 Å². The topological polar surface area (TPSA) is 47.7 Å². The molecule has 0 aliphatic rings. The number of nitrogens with zero attached hydrogens (tertiary/aromatic N) is 1. The first-order valence-corrected chi connectivity index (χ1v) is 6.72. The van der Waals surface area contributed by atoms with Crippen LogP contribution in [0.15, 0.2) is 18.2 Å². The van der Waals surface area contributed by atoms with E-state index in [1.54, 1.807) is 14.2 Å². The molecule has 19 heavy (non-hydrogen) atoms. The highest BCUT2D eigenvalue weighted by Gasteiger charge is 2.14. The highest BCUT2D eigenvalue weighted by atomic mass is 35.5. The number of hydrogen-bond acceptors (Lipinski definition) is 4. The van der Waals surface area contributed by atoms with Crippen molar-refractivity contribution in [1.29, 1.82) is 0 Å². The van der Waals surface area contributed by atoms with E-state index >= 15 is 0 Å². The predicted molar refractivity (Wildman–Crippen MR) is 79.5 cm³/mol. The van der Waals surface area contributed by atoms with Gasteiger partial charge in [0.2, 0.25) is 0 Å². The Morgan fingerprint density at radius 3 is 2.63 bits per heavy atom. The minimum Gasteiger partial charge on any atom is -0.398 e. The van der Waals surface area contributed by atoms with E-state index in [2.05, 4.69) is 11.8 Å². The Labute approximate surface area is 120 Å². The zero-order valence-electron chi connectivity index (χ0n) is 11.9. The SMILES string of the molecule is COCCN(Cc1ccc(Cl)c(N)c1)C(C)COC. The van der Waals surface area contributed by atoms with Crippen molar-refractivity contribution < 1.29 is 9.47 Å². The molecule has 0 heterocycles. The average Bonchev–Trinajstić information content (AvgIpc) is 2.39. The van der Waals surface area contributed by atoms with Crippen LogP contribution in [0.4, 0.5) is 5.69 Å².